The van der Waals surface area contributed by atoms with Gasteiger partial charge in [-0.25, -0.2) is 0 Å². The van der Waals surface area contributed by atoms with Crippen molar-refractivity contribution in [2.24, 2.45) is 0 Å². The molecule has 0 heterocycles. The molecule has 0 amide bonds. The summed E-state index contributed by atoms with van der Waals surface area (Å²) in [5.41, 5.74) is 3.39. The highest BCUT2D eigenvalue weighted by Gasteiger charge is 2.08. The maximum atomic E-state index is 9.19. The van der Waals surface area contributed by atoms with E-state index in [1.165, 1.54) is 11.1 Å². The Morgan fingerprint density at radius 2 is 1.30 bits per heavy atom. The Hall–Kier alpha value is -1.90. The molecule has 2 aromatic rings. The number of hydrogen-bond acceptors (Lipinski definition) is 2. The Balaban J connectivity index is 2.06. The molecule has 2 nitrogen and oxygen atoms in total. The molecule has 0 aliphatic carbocycles. The summed E-state index contributed by atoms with van der Waals surface area (Å²) in [5, 5.41) is 9.19. The average Bonchev–Trinajstić information content (AvgIpc) is 2.49. The first-order valence-electron chi connectivity index (χ1n) is 6.85. The van der Waals surface area contributed by atoms with Crippen LogP contribution in [0.15, 0.2) is 72.8 Å². The van der Waals surface area contributed by atoms with Gasteiger partial charge in [0.1, 0.15) is 0 Å². The Kier molecular flexibility index (Phi) is 5.54. The second kappa shape index (κ2) is 7.63. The Morgan fingerprint density at radius 1 is 0.850 bits per heavy atom. The number of nitrogens with zero attached hydrogens (tertiary/aromatic N) is 1. The lowest BCUT2D eigenvalue weighted by molar-refractivity contribution is 0.255. The zero-order valence-corrected chi connectivity index (χ0v) is 11.7. The molecule has 0 aliphatic heterocycles. The summed E-state index contributed by atoms with van der Waals surface area (Å²) in [6.07, 6.45) is 0. The summed E-state index contributed by atoms with van der Waals surface area (Å²) in [5.74, 6) is 0. The summed E-state index contributed by atoms with van der Waals surface area (Å²) in [6.45, 7) is 6.37. The van der Waals surface area contributed by atoms with E-state index >= 15 is 0 Å². The molecule has 0 fully saturated rings. The summed E-state index contributed by atoms with van der Waals surface area (Å²) in [4.78, 5) is 2.29. The first-order valence-corrected chi connectivity index (χ1v) is 6.85. The van der Waals surface area contributed by atoms with E-state index in [0.717, 1.165) is 18.7 Å². The van der Waals surface area contributed by atoms with Crippen LogP contribution in [0.5, 0.6) is 0 Å². The maximum absolute atomic E-state index is 9.19. The van der Waals surface area contributed by atoms with Crippen LogP contribution in [-0.2, 0) is 13.1 Å². The Bertz CT molecular complexity index is 480. The van der Waals surface area contributed by atoms with Crippen molar-refractivity contribution in [3.8, 4) is 0 Å². The Morgan fingerprint density at radius 3 is 1.70 bits per heavy atom. The van der Waals surface area contributed by atoms with Crippen molar-refractivity contribution in [3.63, 3.8) is 0 Å². The van der Waals surface area contributed by atoms with E-state index in [2.05, 4.69) is 60.0 Å². The van der Waals surface area contributed by atoms with Gasteiger partial charge in [-0.2, -0.15) is 0 Å². The molecule has 0 radical (unpaired) electrons. The minimum absolute atomic E-state index is 0.0417. The van der Waals surface area contributed by atoms with Gasteiger partial charge in [0.25, 0.3) is 0 Å². The van der Waals surface area contributed by atoms with Gasteiger partial charge in [-0.1, -0.05) is 67.2 Å². The number of hydrogen-bond donors (Lipinski definition) is 1. The van der Waals surface area contributed by atoms with Crippen LogP contribution in [0.2, 0.25) is 0 Å². The molecule has 2 rings (SSSR count). The van der Waals surface area contributed by atoms with Crippen LogP contribution in [-0.4, -0.2) is 23.2 Å². The van der Waals surface area contributed by atoms with Crippen molar-refractivity contribution < 1.29 is 5.11 Å². The predicted octanol–water partition coefficient (Wildman–Crippen LogP) is 3.24. The van der Waals surface area contributed by atoms with E-state index in [4.69, 9.17) is 0 Å². The van der Waals surface area contributed by atoms with Gasteiger partial charge >= 0.3 is 0 Å². The van der Waals surface area contributed by atoms with Crippen LogP contribution < -0.4 is 0 Å². The number of aliphatic hydroxyl groups excluding tert-OH is 1. The summed E-state index contributed by atoms with van der Waals surface area (Å²) in [7, 11) is 0. The minimum Gasteiger partial charge on any atom is -0.392 e. The van der Waals surface area contributed by atoms with Crippen molar-refractivity contribution in [1.82, 2.24) is 4.90 Å². The lowest BCUT2D eigenvalue weighted by atomic mass is 10.1. The van der Waals surface area contributed by atoms with Crippen molar-refractivity contribution in [1.29, 1.82) is 0 Å². The summed E-state index contributed by atoms with van der Waals surface area (Å²) >= 11 is 0. The van der Waals surface area contributed by atoms with Crippen LogP contribution >= 0.6 is 0 Å². The molecular formula is C18H21NO. The molecule has 1 N–H and O–H groups in total. The molecule has 0 saturated heterocycles. The highest BCUT2D eigenvalue weighted by molar-refractivity contribution is 5.17. The van der Waals surface area contributed by atoms with Crippen LogP contribution in [0.25, 0.3) is 0 Å². The smallest absolute Gasteiger partial charge is 0.0651 e. The van der Waals surface area contributed by atoms with Crippen LogP contribution in [0, 0.1) is 0 Å². The van der Waals surface area contributed by atoms with E-state index < -0.39 is 0 Å². The molecule has 0 unspecified atom stereocenters. The van der Waals surface area contributed by atoms with Crippen molar-refractivity contribution in [3.05, 3.63) is 83.9 Å². The zero-order chi connectivity index (χ0) is 14.2. The molecule has 0 bridgehead atoms. The fourth-order valence-corrected chi connectivity index (χ4v) is 2.22. The van der Waals surface area contributed by atoms with Crippen LogP contribution in [0.1, 0.15) is 11.1 Å². The third kappa shape index (κ3) is 4.65. The molecule has 2 heteroatoms. The van der Waals surface area contributed by atoms with E-state index in [-0.39, 0.29) is 6.61 Å². The topological polar surface area (TPSA) is 23.5 Å². The van der Waals surface area contributed by atoms with Crippen LogP contribution in [0.3, 0.4) is 0 Å². The van der Waals surface area contributed by atoms with Gasteiger partial charge in [0.2, 0.25) is 0 Å². The standard InChI is InChI=1S/C18H21NO/c1-16(15-20)12-19(13-17-8-4-2-5-9-17)14-18-10-6-3-7-11-18/h2-11,20H,1,12-15H2. The van der Waals surface area contributed by atoms with E-state index in [9.17, 15) is 5.11 Å². The van der Waals surface area contributed by atoms with E-state index in [1.807, 2.05) is 12.1 Å². The molecule has 0 saturated carbocycles. The maximum Gasteiger partial charge on any atom is 0.0651 e. The summed E-state index contributed by atoms with van der Waals surface area (Å²) < 4.78 is 0. The molecule has 0 atom stereocenters. The molecule has 0 spiro atoms. The lowest BCUT2D eigenvalue weighted by Crippen LogP contribution is -2.25. The van der Waals surface area contributed by atoms with Crippen molar-refractivity contribution >= 4 is 0 Å². The highest BCUT2D eigenvalue weighted by Crippen LogP contribution is 2.11. The van der Waals surface area contributed by atoms with Crippen molar-refractivity contribution in [2.75, 3.05) is 13.2 Å². The molecule has 20 heavy (non-hydrogen) atoms. The van der Waals surface area contributed by atoms with E-state index in [0.29, 0.717) is 6.54 Å². The van der Waals surface area contributed by atoms with Gasteiger partial charge in [-0.3, -0.25) is 4.90 Å². The predicted molar refractivity (Wildman–Crippen MR) is 83.2 cm³/mol. The van der Waals surface area contributed by atoms with Gasteiger partial charge < -0.3 is 5.11 Å². The van der Waals surface area contributed by atoms with Gasteiger partial charge in [-0.05, 0) is 16.7 Å². The van der Waals surface area contributed by atoms with Gasteiger partial charge in [-0.15, -0.1) is 0 Å². The first kappa shape index (κ1) is 14.5. The number of aliphatic hydroxyl groups is 1. The SMILES string of the molecule is C=C(CO)CN(Cc1ccccc1)Cc1ccccc1. The first-order chi connectivity index (χ1) is 9.78. The quantitative estimate of drug-likeness (QED) is 0.779. The summed E-state index contributed by atoms with van der Waals surface area (Å²) in [6, 6.07) is 20.8. The second-order valence-electron chi connectivity index (χ2n) is 5.02. The fourth-order valence-electron chi connectivity index (χ4n) is 2.22. The highest BCUT2D eigenvalue weighted by atomic mass is 16.3. The second-order valence-corrected chi connectivity index (χ2v) is 5.02. The zero-order valence-electron chi connectivity index (χ0n) is 11.7. The van der Waals surface area contributed by atoms with Gasteiger partial charge in [0.05, 0.1) is 6.61 Å². The molecule has 0 aromatic heterocycles. The molecule has 2 aromatic carbocycles. The van der Waals surface area contributed by atoms with E-state index in [1.54, 1.807) is 0 Å². The normalized spacial score (nSPS) is 10.7. The number of benzene rings is 2. The minimum atomic E-state index is 0.0417. The van der Waals surface area contributed by atoms with Gasteiger partial charge in [0, 0.05) is 19.6 Å². The molecule has 104 valence electrons. The monoisotopic (exact) mass is 267 g/mol. The average molecular weight is 267 g/mol. The Labute approximate surface area is 121 Å². The van der Waals surface area contributed by atoms with Crippen molar-refractivity contribution in [2.45, 2.75) is 13.1 Å². The third-order valence-corrected chi connectivity index (χ3v) is 3.17. The fraction of sp³-hybridized carbons (Fsp3) is 0.222. The molecule has 0 aliphatic rings. The molecular weight excluding hydrogens is 246 g/mol. The van der Waals surface area contributed by atoms with Crippen LogP contribution in [0.4, 0.5) is 0 Å². The third-order valence-electron chi connectivity index (χ3n) is 3.17. The lowest BCUT2D eigenvalue weighted by Gasteiger charge is -2.23. The largest absolute Gasteiger partial charge is 0.392 e. The van der Waals surface area contributed by atoms with Gasteiger partial charge in [0.15, 0.2) is 0 Å². The number of rotatable bonds is 7.